The molecule has 0 saturated carbocycles. The molecule has 0 fully saturated rings. The number of aliphatic imine (C=N–C) groups is 2. The van der Waals surface area contributed by atoms with Gasteiger partial charge in [-0.25, -0.2) is 0 Å². The van der Waals surface area contributed by atoms with Crippen LogP contribution in [0.15, 0.2) is 22.1 Å². The molecule has 6 N–H and O–H groups in total. The number of aromatic hydroxyl groups is 6. The van der Waals surface area contributed by atoms with Crippen molar-refractivity contribution in [1.82, 2.24) is 0 Å². The fourth-order valence-electron chi connectivity index (χ4n) is 6.24. The normalized spacial score (nSPS) is 13.7. The number of benzene rings is 4. The van der Waals surface area contributed by atoms with Gasteiger partial charge in [-0.15, -0.1) is 0 Å². The summed E-state index contributed by atoms with van der Waals surface area (Å²) in [4.78, 5) is 9.11. The van der Waals surface area contributed by atoms with Gasteiger partial charge in [0.05, 0.1) is 0 Å². The first-order chi connectivity index (χ1) is 21.6. The van der Waals surface area contributed by atoms with Crippen molar-refractivity contribution in [1.29, 1.82) is 0 Å². The van der Waals surface area contributed by atoms with Gasteiger partial charge in [-0.3, -0.25) is 9.98 Å². The molecule has 0 bridgehead atoms. The topological polar surface area (TPSA) is 146 Å². The predicted molar refractivity (Wildman–Crippen MR) is 189 cm³/mol. The maximum absolute atomic E-state index is 12.2. The van der Waals surface area contributed by atoms with Crippen molar-refractivity contribution < 1.29 is 30.6 Å². The van der Waals surface area contributed by atoms with Crippen LogP contribution >= 0.6 is 0 Å². The minimum atomic E-state index is -0.377. The standard InChI is InChI=1S/C38H48N2O6/c1-11-21(9)39-15-25-31-23(27(17(3)4)37(45)33(25)41)13-19(7)29(35(31)43)30-20(8)14-24-28(18(5)6)38(46)34(42)26(32(24)36(30)44)16-40-22(10)12-2/h13-18,21-22,41-46H,11-12H2,1-10H3/t21-,22-/m0/s1. The Morgan fingerprint density at radius 3 is 1.15 bits per heavy atom. The third-order valence-corrected chi connectivity index (χ3v) is 9.09. The summed E-state index contributed by atoms with van der Waals surface area (Å²) in [7, 11) is 0. The van der Waals surface area contributed by atoms with Crippen molar-refractivity contribution in [3.8, 4) is 45.6 Å². The van der Waals surface area contributed by atoms with Gasteiger partial charge in [0.15, 0.2) is 23.0 Å². The summed E-state index contributed by atoms with van der Waals surface area (Å²) in [5, 5.41) is 70.8. The van der Waals surface area contributed by atoms with Crippen LogP contribution in [-0.4, -0.2) is 55.2 Å². The fourth-order valence-corrected chi connectivity index (χ4v) is 6.24. The number of aryl methyl sites for hydroxylation is 2. The molecule has 2 atom stereocenters. The van der Waals surface area contributed by atoms with Crippen LogP contribution in [0.4, 0.5) is 0 Å². The molecule has 0 amide bonds. The minimum absolute atomic E-state index is 0.0602. The van der Waals surface area contributed by atoms with Gasteiger partial charge in [-0.05, 0) is 74.3 Å². The Morgan fingerprint density at radius 2 is 0.870 bits per heavy atom. The van der Waals surface area contributed by atoms with Crippen molar-refractivity contribution in [3.05, 3.63) is 45.5 Å². The molecular formula is C38H48N2O6. The summed E-state index contributed by atoms with van der Waals surface area (Å²) >= 11 is 0. The Morgan fingerprint density at radius 1 is 0.543 bits per heavy atom. The SMILES string of the molecule is CC[C@H](C)N=Cc1c(O)c(O)c(C(C)C)c2cc(C)c(-c3c(C)cc4c(C(C)C)c(O)c(O)c(C=N[C@@H](C)CC)c4c3O)c(O)c12. The largest absolute Gasteiger partial charge is 0.507 e. The average Bonchev–Trinajstić information content (AvgIpc) is 2.98. The minimum Gasteiger partial charge on any atom is -0.507 e. The highest BCUT2D eigenvalue weighted by Crippen LogP contribution is 2.54. The molecule has 4 aromatic rings. The molecule has 0 aromatic heterocycles. The molecule has 0 saturated heterocycles. The Kier molecular flexibility index (Phi) is 9.81. The molecule has 0 unspecified atom stereocenters. The summed E-state index contributed by atoms with van der Waals surface area (Å²) in [5.41, 5.74) is 3.27. The molecule has 4 aromatic carbocycles. The average molecular weight is 629 g/mol. The van der Waals surface area contributed by atoms with E-state index in [0.717, 1.165) is 12.8 Å². The number of fused-ring (bicyclic) bond motifs is 2. The monoisotopic (exact) mass is 628 g/mol. The Labute approximate surface area is 271 Å². The molecule has 0 aliphatic carbocycles. The van der Waals surface area contributed by atoms with Crippen LogP contribution in [0.5, 0.6) is 34.5 Å². The zero-order valence-corrected chi connectivity index (χ0v) is 28.6. The molecular weight excluding hydrogens is 580 g/mol. The fraction of sp³-hybridized carbons (Fsp3) is 0.421. The Bertz CT molecular complexity index is 1750. The lowest BCUT2D eigenvalue weighted by atomic mass is 9.83. The van der Waals surface area contributed by atoms with Gasteiger partial charge in [-0.2, -0.15) is 0 Å². The van der Waals surface area contributed by atoms with Crippen LogP contribution < -0.4 is 0 Å². The highest BCUT2D eigenvalue weighted by Gasteiger charge is 2.29. The van der Waals surface area contributed by atoms with E-state index >= 15 is 0 Å². The number of hydrogen-bond donors (Lipinski definition) is 6. The highest BCUT2D eigenvalue weighted by molar-refractivity contribution is 6.15. The van der Waals surface area contributed by atoms with E-state index in [4.69, 9.17) is 0 Å². The van der Waals surface area contributed by atoms with E-state index in [1.165, 1.54) is 12.4 Å². The summed E-state index contributed by atoms with van der Waals surface area (Å²) in [6, 6.07) is 3.58. The lowest BCUT2D eigenvalue weighted by molar-refractivity contribution is 0.398. The maximum Gasteiger partial charge on any atom is 0.167 e. The lowest BCUT2D eigenvalue weighted by Gasteiger charge is -2.23. The number of rotatable bonds is 9. The van der Waals surface area contributed by atoms with Gasteiger partial charge in [0.1, 0.15) is 11.5 Å². The summed E-state index contributed by atoms with van der Waals surface area (Å²) in [5.74, 6) is -2.01. The van der Waals surface area contributed by atoms with Crippen molar-refractivity contribution >= 4 is 34.0 Å². The second-order valence-electron chi connectivity index (χ2n) is 13.1. The second-order valence-corrected chi connectivity index (χ2v) is 13.1. The zero-order valence-electron chi connectivity index (χ0n) is 28.6. The van der Waals surface area contributed by atoms with Crippen LogP contribution in [-0.2, 0) is 0 Å². The third kappa shape index (κ3) is 5.70. The molecule has 246 valence electrons. The van der Waals surface area contributed by atoms with E-state index in [1.54, 1.807) is 0 Å². The van der Waals surface area contributed by atoms with E-state index in [9.17, 15) is 30.6 Å². The van der Waals surface area contributed by atoms with Crippen molar-refractivity contribution in [3.63, 3.8) is 0 Å². The van der Waals surface area contributed by atoms with Gasteiger partial charge >= 0.3 is 0 Å². The van der Waals surface area contributed by atoms with Crippen molar-refractivity contribution in [2.24, 2.45) is 9.98 Å². The molecule has 0 radical (unpaired) electrons. The summed E-state index contributed by atoms with van der Waals surface area (Å²) in [6.45, 7) is 19.1. The van der Waals surface area contributed by atoms with Crippen molar-refractivity contribution in [2.75, 3.05) is 0 Å². The lowest BCUT2D eigenvalue weighted by Crippen LogP contribution is -2.02. The van der Waals surface area contributed by atoms with E-state index < -0.39 is 0 Å². The Hall–Kier alpha value is -4.46. The van der Waals surface area contributed by atoms with Gasteiger partial charge in [-0.1, -0.05) is 53.7 Å². The predicted octanol–water partition coefficient (Wildman–Crippen LogP) is 9.19. The second kappa shape index (κ2) is 13.1. The Balaban J connectivity index is 2.25. The van der Waals surface area contributed by atoms with Crippen LogP contribution in [0.3, 0.4) is 0 Å². The number of nitrogens with zero attached hydrogens (tertiary/aromatic N) is 2. The highest BCUT2D eigenvalue weighted by atomic mass is 16.3. The molecule has 8 nitrogen and oxygen atoms in total. The van der Waals surface area contributed by atoms with Gasteiger partial charge in [0, 0.05) is 68.7 Å². The first-order valence-electron chi connectivity index (χ1n) is 16.1. The summed E-state index contributed by atoms with van der Waals surface area (Å²) < 4.78 is 0. The van der Waals surface area contributed by atoms with Crippen LogP contribution in [0.2, 0.25) is 0 Å². The molecule has 4 rings (SSSR count). The van der Waals surface area contributed by atoms with E-state index in [0.29, 0.717) is 54.9 Å². The van der Waals surface area contributed by atoms with Crippen LogP contribution in [0.1, 0.15) is 113 Å². The summed E-state index contributed by atoms with van der Waals surface area (Å²) in [6.07, 6.45) is 4.49. The molecule has 0 aliphatic rings. The van der Waals surface area contributed by atoms with Gasteiger partial charge in [0.25, 0.3) is 0 Å². The molecule has 46 heavy (non-hydrogen) atoms. The first kappa shape index (κ1) is 34.4. The smallest absolute Gasteiger partial charge is 0.167 e. The first-order valence-corrected chi connectivity index (χ1v) is 16.1. The van der Waals surface area contributed by atoms with Crippen LogP contribution in [0.25, 0.3) is 32.7 Å². The number of hydrogen-bond acceptors (Lipinski definition) is 8. The molecule has 0 aliphatic heterocycles. The number of phenols is 6. The maximum atomic E-state index is 12.2. The quantitative estimate of drug-likeness (QED) is 0.0805. The van der Waals surface area contributed by atoms with E-state index in [2.05, 4.69) is 9.98 Å². The van der Waals surface area contributed by atoms with E-state index in [1.807, 2.05) is 81.4 Å². The molecule has 0 spiro atoms. The zero-order chi connectivity index (χ0) is 34.4. The van der Waals surface area contributed by atoms with Gasteiger partial charge in [0.2, 0.25) is 0 Å². The molecule has 8 heteroatoms. The van der Waals surface area contributed by atoms with Gasteiger partial charge < -0.3 is 30.6 Å². The van der Waals surface area contributed by atoms with Crippen LogP contribution in [0, 0.1) is 13.8 Å². The molecule has 0 heterocycles. The third-order valence-electron chi connectivity index (χ3n) is 9.09. The number of phenolic OH excluding ortho intramolecular Hbond substituents is 6. The van der Waals surface area contributed by atoms with E-state index in [-0.39, 0.29) is 69.5 Å². The van der Waals surface area contributed by atoms with Crippen molar-refractivity contribution in [2.45, 2.75) is 106 Å².